The Balaban J connectivity index is 2.07. The molecule has 1 aromatic rings. The number of rotatable bonds is 16. The van der Waals surface area contributed by atoms with Crippen LogP contribution in [0.15, 0.2) is 29.2 Å². The fraction of sp³-hybridized carbons (Fsp3) is 0.727. The Kier molecular flexibility index (Phi) is 12.6. The van der Waals surface area contributed by atoms with Gasteiger partial charge in [-0.3, -0.25) is 4.55 Å². The summed E-state index contributed by atoms with van der Waals surface area (Å²) in [6.07, 6.45) is 16.1. The molecule has 0 fully saturated rings. The maximum Gasteiger partial charge on any atom is 0.294 e. The molecule has 0 amide bonds. The molecular weight excluding hydrogens is 360 g/mol. The van der Waals surface area contributed by atoms with Crippen molar-refractivity contribution in [1.82, 2.24) is 0 Å². The maximum absolute atomic E-state index is 11.4. The van der Waals surface area contributed by atoms with Crippen LogP contribution in [0.5, 0.6) is 0 Å². The molecule has 0 radical (unpaired) electrons. The van der Waals surface area contributed by atoms with Gasteiger partial charge in [0, 0.05) is 5.56 Å². The van der Waals surface area contributed by atoms with Crippen LogP contribution in [0.2, 0.25) is 0 Å². The summed E-state index contributed by atoms with van der Waals surface area (Å²) in [5.74, 6) is 0. The van der Waals surface area contributed by atoms with Gasteiger partial charge in [-0.05, 0) is 12.5 Å². The summed E-state index contributed by atoms with van der Waals surface area (Å²) >= 11 is 0. The van der Waals surface area contributed by atoms with Crippen molar-refractivity contribution < 1.29 is 18.1 Å². The highest BCUT2D eigenvalue weighted by Crippen LogP contribution is 2.26. The SMILES string of the molecule is CCCCCCCCCCCCCCCC(O)c1ccccc1S(=O)(=O)O. The molecule has 0 aliphatic carbocycles. The molecule has 0 saturated heterocycles. The van der Waals surface area contributed by atoms with E-state index < -0.39 is 16.2 Å². The Labute approximate surface area is 166 Å². The van der Waals surface area contributed by atoms with Gasteiger partial charge in [0.25, 0.3) is 10.1 Å². The second kappa shape index (κ2) is 14.1. The fourth-order valence-electron chi connectivity index (χ4n) is 3.50. The van der Waals surface area contributed by atoms with Crippen LogP contribution in [-0.4, -0.2) is 18.1 Å². The van der Waals surface area contributed by atoms with Crippen molar-refractivity contribution in [2.75, 3.05) is 0 Å². The minimum Gasteiger partial charge on any atom is -0.388 e. The Morgan fingerprint density at radius 2 is 1.22 bits per heavy atom. The van der Waals surface area contributed by atoms with Gasteiger partial charge in [0.05, 0.1) is 11.0 Å². The van der Waals surface area contributed by atoms with E-state index in [1.165, 1.54) is 70.3 Å². The van der Waals surface area contributed by atoms with Gasteiger partial charge in [-0.25, -0.2) is 0 Å². The van der Waals surface area contributed by atoms with Gasteiger partial charge >= 0.3 is 0 Å². The van der Waals surface area contributed by atoms with Crippen molar-refractivity contribution in [3.8, 4) is 0 Å². The highest BCUT2D eigenvalue weighted by atomic mass is 32.2. The van der Waals surface area contributed by atoms with E-state index in [4.69, 9.17) is 0 Å². The first-order valence-electron chi connectivity index (χ1n) is 10.7. The molecule has 4 nitrogen and oxygen atoms in total. The summed E-state index contributed by atoms with van der Waals surface area (Å²) in [6, 6.07) is 6.12. The number of aliphatic hydroxyl groups is 1. The minimum absolute atomic E-state index is 0.188. The molecule has 0 aliphatic rings. The van der Waals surface area contributed by atoms with Gasteiger partial charge in [-0.2, -0.15) is 8.42 Å². The predicted octanol–water partition coefficient (Wildman–Crippen LogP) is 6.45. The van der Waals surface area contributed by atoms with Gasteiger partial charge in [0.2, 0.25) is 0 Å². The van der Waals surface area contributed by atoms with Gasteiger partial charge in [0.1, 0.15) is 0 Å². The lowest BCUT2D eigenvalue weighted by molar-refractivity contribution is 0.160. The topological polar surface area (TPSA) is 74.6 Å². The molecule has 1 atom stereocenters. The van der Waals surface area contributed by atoms with E-state index in [-0.39, 0.29) is 4.90 Å². The zero-order valence-corrected chi connectivity index (χ0v) is 17.7. The van der Waals surface area contributed by atoms with E-state index >= 15 is 0 Å². The summed E-state index contributed by atoms with van der Waals surface area (Å²) in [4.78, 5) is -0.188. The zero-order valence-electron chi connectivity index (χ0n) is 16.9. The quantitative estimate of drug-likeness (QED) is 0.248. The number of hydrogen-bond acceptors (Lipinski definition) is 3. The van der Waals surface area contributed by atoms with Crippen LogP contribution in [0.3, 0.4) is 0 Å². The van der Waals surface area contributed by atoms with Crippen LogP contribution in [0.25, 0.3) is 0 Å². The zero-order chi connectivity index (χ0) is 20.0. The van der Waals surface area contributed by atoms with Crippen LogP contribution < -0.4 is 0 Å². The molecule has 1 rings (SSSR count). The lowest BCUT2D eigenvalue weighted by Gasteiger charge is -2.14. The van der Waals surface area contributed by atoms with E-state index in [0.717, 1.165) is 19.3 Å². The molecule has 1 unspecified atom stereocenters. The molecule has 0 aliphatic heterocycles. The minimum atomic E-state index is -4.30. The van der Waals surface area contributed by atoms with Crippen molar-refractivity contribution in [3.63, 3.8) is 0 Å². The number of hydrogen-bond donors (Lipinski definition) is 2. The Morgan fingerprint density at radius 3 is 1.70 bits per heavy atom. The molecule has 0 aromatic heterocycles. The van der Waals surface area contributed by atoms with E-state index in [2.05, 4.69) is 6.92 Å². The van der Waals surface area contributed by atoms with Crippen LogP contribution >= 0.6 is 0 Å². The van der Waals surface area contributed by atoms with Gasteiger partial charge in [0.15, 0.2) is 0 Å². The molecule has 5 heteroatoms. The van der Waals surface area contributed by atoms with Crippen molar-refractivity contribution in [2.45, 2.75) is 108 Å². The molecular formula is C22H38O4S. The third kappa shape index (κ3) is 10.9. The predicted molar refractivity (Wildman–Crippen MR) is 112 cm³/mol. The third-order valence-electron chi connectivity index (χ3n) is 5.14. The highest BCUT2D eigenvalue weighted by molar-refractivity contribution is 7.85. The van der Waals surface area contributed by atoms with Crippen molar-refractivity contribution in [2.24, 2.45) is 0 Å². The second-order valence-corrected chi connectivity index (χ2v) is 8.95. The lowest BCUT2D eigenvalue weighted by atomic mass is 10.0. The van der Waals surface area contributed by atoms with Gasteiger partial charge < -0.3 is 5.11 Å². The monoisotopic (exact) mass is 398 g/mol. The molecule has 0 saturated carbocycles. The van der Waals surface area contributed by atoms with Crippen LogP contribution in [0.1, 0.15) is 108 Å². The molecule has 2 N–H and O–H groups in total. The van der Waals surface area contributed by atoms with Gasteiger partial charge in [-0.1, -0.05) is 109 Å². The Morgan fingerprint density at radius 1 is 0.778 bits per heavy atom. The van der Waals surface area contributed by atoms with Crippen molar-refractivity contribution in [3.05, 3.63) is 29.8 Å². The van der Waals surface area contributed by atoms with E-state index in [9.17, 15) is 18.1 Å². The highest BCUT2D eigenvalue weighted by Gasteiger charge is 2.19. The fourth-order valence-corrected chi connectivity index (χ4v) is 4.25. The summed E-state index contributed by atoms with van der Waals surface area (Å²) in [5, 5.41) is 10.3. The molecule has 1 aromatic carbocycles. The van der Waals surface area contributed by atoms with E-state index in [1.807, 2.05) is 0 Å². The summed E-state index contributed by atoms with van der Waals surface area (Å²) in [7, 11) is -4.30. The number of aliphatic hydroxyl groups excluding tert-OH is 1. The molecule has 27 heavy (non-hydrogen) atoms. The van der Waals surface area contributed by atoms with E-state index in [0.29, 0.717) is 12.0 Å². The first kappa shape index (κ1) is 24.1. The van der Waals surface area contributed by atoms with E-state index in [1.54, 1.807) is 18.2 Å². The molecule has 156 valence electrons. The Hall–Kier alpha value is -0.910. The lowest BCUT2D eigenvalue weighted by Crippen LogP contribution is -2.07. The number of benzene rings is 1. The molecule has 0 heterocycles. The smallest absolute Gasteiger partial charge is 0.294 e. The summed E-state index contributed by atoms with van der Waals surface area (Å²) in [6.45, 7) is 2.25. The average molecular weight is 399 g/mol. The molecule has 0 spiro atoms. The van der Waals surface area contributed by atoms with Crippen LogP contribution in [0, 0.1) is 0 Å². The van der Waals surface area contributed by atoms with Gasteiger partial charge in [-0.15, -0.1) is 0 Å². The largest absolute Gasteiger partial charge is 0.388 e. The first-order valence-corrected chi connectivity index (χ1v) is 12.1. The third-order valence-corrected chi connectivity index (χ3v) is 6.06. The summed E-state index contributed by atoms with van der Waals surface area (Å²) < 4.78 is 32.0. The van der Waals surface area contributed by atoms with Crippen LogP contribution in [-0.2, 0) is 10.1 Å². The summed E-state index contributed by atoms with van der Waals surface area (Å²) in [5.41, 5.74) is 0.291. The first-order chi connectivity index (χ1) is 13.0. The standard InChI is InChI=1S/C22H38O4S/c1-2-3-4-5-6-7-8-9-10-11-12-13-14-18-21(23)20-17-15-16-19-22(20)27(24,25)26/h15-17,19,21,23H,2-14,18H2,1H3,(H,24,25,26). The Bertz CT molecular complexity index is 598. The average Bonchev–Trinajstić information content (AvgIpc) is 2.64. The maximum atomic E-state index is 11.4. The van der Waals surface area contributed by atoms with Crippen molar-refractivity contribution in [1.29, 1.82) is 0 Å². The van der Waals surface area contributed by atoms with Crippen LogP contribution in [0.4, 0.5) is 0 Å². The molecule has 0 bridgehead atoms. The number of unbranched alkanes of at least 4 members (excludes halogenated alkanes) is 12. The second-order valence-electron chi connectivity index (χ2n) is 7.56. The van der Waals surface area contributed by atoms with Crippen molar-refractivity contribution >= 4 is 10.1 Å². The normalized spacial score (nSPS) is 13.0.